The first kappa shape index (κ1) is 30.8. The van der Waals surface area contributed by atoms with E-state index >= 15 is 0 Å². The Morgan fingerprint density at radius 2 is 0.714 bits per heavy atom. The summed E-state index contributed by atoms with van der Waals surface area (Å²) in [5, 5.41) is 11.6. The van der Waals surface area contributed by atoms with Gasteiger partial charge in [-0.15, -0.1) is 0 Å². The summed E-state index contributed by atoms with van der Waals surface area (Å²) in [6.07, 6.45) is 0. The largest absolute Gasteiger partial charge is 0.455 e. The molecule has 5 nitrogen and oxygen atoms in total. The zero-order valence-electron chi connectivity index (χ0n) is 29.9. The van der Waals surface area contributed by atoms with Crippen LogP contribution in [-0.2, 0) is 0 Å². The fourth-order valence-electron chi connectivity index (χ4n) is 8.56. The lowest BCUT2D eigenvalue weighted by Gasteiger charge is -2.12. The Hall–Kier alpha value is -7.63. The van der Waals surface area contributed by atoms with E-state index in [4.69, 9.17) is 23.8 Å². The van der Waals surface area contributed by atoms with Gasteiger partial charge in [0.15, 0.2) is 17.5 Å². The van der Waals surface area contributed by atoms with Crippen LogP contribution in [0.15, 0.2) is 185 Å². The normalized spacial score (nSPS) is 11.9. The predicted molar refractivity (Wildman–Crippen MR) is 229 cm³/mol. The Morgan fingerprint density at radius 1 is 0.268 bits per heavy atom. The van der Waals surface area contributed by atoms with Crippen LogP contribution in [0.2, 0.25) is 0 Å². The molecule has 0 spiro atoms. The quantitative estimate of drug-likeness (QED) is 0.170. The predicted octanol–water partition coefficient (Wildman–Crippen LogP) is 13.8. The highest BCUT2D eigenvalue weighted by Gasteiger charge is 2.21. The average Bonchev–Trinajstić information content (AvgIpc) is 3.85. The van der Waals surface area contributed by atoms with Crippen molar-refractivity contribution in [3.63, 3.8) is 0 Å². The SMILES string of the molecule is c1ccc(-c2nc(-c3cccc4c3oc3ccccc34)nc(-c3cccc4c3oc3c(-c5ccc6c7ccccc7c7ccccc7c6c5)cccc34)n2)cc1. The molecule has 0 amide bonds. The molecule has 0 saturated heterocycles. The first-order valence-corrected chi connectivity index (χ1v) is 18.8. The third-order valence-corrected chi connectivity index (χ3v) is 11.1. The third kappa shape index (κ3) is 4.58. The van der Waals surface area contributed by atoms with Gasteiger partial charge >= 0.3 is 0 Å². The third-order valence-electron chi connectivity index (χ3n) is 11.1. The molecule has 0 bridgehead atoms. The summed E-state index contributed by atoms with van der Waals surface area (Å²) in [4.78, 5) is 15.3. The summed E-state index contributed by atoms with van der Waals surface area (Å²) >= 11 is 0. The second kappa shape index (κ2) is 11.9. The Balaban J connectivity index is 1.08. The molecule has 0 radical (unpaired) electrons. The number of aromatic nitrogens is 3. The minimum absolute atomic E-state index is 0.525. The molecular weight excluding hydrogens is 687 g/mol. The summed E-state index contributed by atoms with van der Waals surface area (Å²) in [5.74, 6) is 1.63. The molecule has 0 N–H and O–H groups in total. The smallest absolute Gasteiger partial charge is 0.167 e. The van der Waals surface area contributed by atoms with Crippen molar-refractivity contribution in [1.82, 2.24) is 15.0 Å². The average molecular weight is 716 g/mol. The fourth-order valence-corrected chi connectivity index (χ4v) is 8.56. The van der Waals surface area contributed by atoms with Crippen LogP contribution in [0.1, 0.15) is 0 Å². The van der Waals surface area contributed by atoms with Gasteiger partial charge in [0.2, 0.25) is 0 Å². The van der Waals surface area contributed by atoms with Crippen molar-refractivity contribution in [1.29, 1.82) is 0 Å². The minimum Gasteiger partial charge on any atom is -0.455 e. The maximum Gasteiger partial charge on any atom is 0.167 e. The number of hydrogen-bond donors (Lipinski definition) is 0. The van der Waals surface area contributed by atoms with Crippen LogP contribution in [0.3, 0.4) is 0 Å². The number of hydrogen-bond acceptors (Lipinski definition) is 5. The Bertz CT molecular complexity index is 3510. The van der Waals surface area contributed by atoms with Crippen molar-refractivity contribution >= 4 is 76.2 Å². The molecule has 12 aromatic rings. The summed E-state index contributed by atoms with van der Waals surface area (Å²) in [5.41, 5.74) is 7.72. The van der Waals surface area contributed by atoms with Gasteiger partial charge in [-0.3, -0.25) is 0 Å². The lowest BCUT2D eigenvalue weighted by atomic mass is 9.92. The second-order valence-electron chi connectivity index (χ2n) is 14.3. The molecule has 56 heavy (non-hydrogen) atoms. The van der Waals surface area contributed by atoms with E-state index in [2.05, 4.69) is 109 Å². The molecule has 0 aliphatic rings. The second-order valence-corrected chi connectivity index (χ2v) is 14.3. The maximum absolute atomic E-state index is 6.98. The molecule has 0 aliphatic heterocycles. The van der Waals surface area contributed by atoms with Crippen molar-refractivity contribution < 1.29 is 8.83 Å². The zero-order chi connectivity index (χ0) is 36.7. The first-order valence-electron chi connectivity index (χ1n) is 18.8. The van der Waals surface area contributed by atoms with Gasteiger partial charge in [0.05, 0.1) is 11.1 Å². The van der Waals surface area contributed by atoms with Crippen LogP contribution >= 0.6 is 0 Å². The van der Waals surface area contributed by atoms with E-state index in [-0.39, 0.29) is 0 Å². The molecule has 0 saturated carbocycles. The maximum atomic E-state index is 6.98. The van der Waals surface area contributed by atoms with Crippen LogP contribution in [0.25, 0.3) is 121 Å². The molecule has 0 atom stereocenters. The molecule has 0 unspecified atom stereocenters. The van der Waals surface area contributed by atoms with Crippen LogP contribution in [0.5, 0.6) is 0 Å². The molecule has 12 rings (SSSR count). The van der Waals surface area contributed by atoms with E-state index in [9.17, 15) is 0 Å². The van der Waals surface area contributed by atoms with E-state index in [0.29, 0.717) is 17.5 Å². The number of rotatable bonds is 4. The van der Waals surface area contributed by atoms with Gasteiger partial charge in [-0.2, -0.15) is 0 Å². The van der Waals surface area contributed by atoms with E-state index < -0.39 is 0 Å². The van der Waals surface area contributed by atoms with Crippen LogP contribution in [0, 0.1) is 0 Å². The summed E-state index contributed by atoms with van der Waals surface area (Å²) < 4.78 is 13.4. The lowest BCUT2D eigenvalue weighted by molar-refractivity contribution is 0.669. The van der Waals surface area contributed by atoms with Crippen LogP contribution in [-0.4, -0.2) is 15.0 Å². The molecule has 0 fully saturated rings. The molecule has 5 heteroatoms. The molecule has 3 heterocycles. The van der Waals surface area contributed by atoms with E-state index in [1.807, 2.05) is 66.7 Å². The monoisotopic (exact) mass is 715 g/mol. The standard InChI is InChI=1S/C51H29N3O2/c1-2-13-30(14-3-1)49-52-50(42-24-11-21-39-38-19-8-9-26-45(38)55-47(39)42)54-51(53-49)43-25-12-23-41-40-22-10-20-32(46(40)56-48(41)43)31-27-28-37-35-17-5-4-15-33(35)34-16-6-7-18-36(34)44(37)29-31/h1-29H. The Kier molecular flexibility index (Phi) is 6.56. The zero-order valence-corrected chi connectivity index (χ0v) is 29.9. The van der Waals surface area contributed by atoms with Crippen molar-refractivity contribution in [3.05, 3.63) is 176 Å². The molecular formula is C51H29N3O2. The Morgan fingerprint density at radius 3 is 1.36 bits per heavy atom. The highest BCUT2D eigenvalue weighted by atomic mass is 16.3. The van der Waals surface area contributed by atoms with Crippen molar-refractivity contribution in [3.8, 4) is 45.3 Å². The minimum atomic E-state index is 0.525. The highest BCUT2D eigenvalue weighted by Crippen LogP contribution is 2.43. The van der Waals surface area contributed by atoms with Gasteiger partial charge in [0.1, 0.15) is 22.3 Å². The van der Waals surface area contributed by atoms with Crippen molar-refractivity contribution in [2.75, 3.05) is 0 Å². The molecule has 3 aromatic heterocycles. The van der Waals surface area contributed by atoms with E-state index in [0.717, 1.165) is 71.7 Å². The van der Waals surface area contributed by atoms with E-state index in [1.165, 1.54) is 32.3 Å². The number of fused-ring (bicyclic) bond motifs is 12. The van der Waals surface area contributed by atoms with E-state index in [1.54, 1.807) is 0 Å². The van der Waals surface area contributed by atoms with Gasteiger partial charge in [0, 0.05) is 32.7 Å². The van der Waals surface area contributed by atoms with Crippen molar-refractivity contribution in [2.24, 2.45) is 0 Å². The summed E-state index contributed by atoms with van der Waals surface area (Å²) in [6, 6.07) is 61.0. The van der Waals surface area contributed by atoms with Gasteiger partial charge in [0.25, 0.3) is 0 Å². The summed E-state index contributed by atoms with van der Waals surface area (Å²) in [7, 11) is 0. The van der Waals surface area contributed by atoms with Gasteiger partial charge in [-0.25, -0.2) is 15.0 Å². The topological polar surface area (TPSA) is 65.0 Å². The molecule has 0 aliphatic carbocycles. The van der Waals surface area contributed by atoms with Gasteiger partial charge in [-0.1, -0.05) is 152 Å². The molecule has 9 aromatic carbocycles. The van der Waals surface area contributed by atoms with Crippen LogP contribution in [0.4, 0.5) is 0 Å². The first-order chi connectivity index (χ1) is 27.8. The van der Waals surface area contributed by atoms with Crippen molar-refractivity contribution in [2.45, 2.75) is 0 Å². The number of nitrogens with zero attached hydrogens (tertiary/aromatic N) is 3. The number of benzene rings is 9. The van der Waals surface area contributed by atoms with Gasteiger partial charge in [-0.05, 0) is 62.1 Å². The molecule has 260 valence electrons. The fraction of sp³-hybridized carbons (Fsp3) is 0. The van der Waals surface area contributed by atoms with Crippen LogP contribution < -0.4 is 0 Å². The highest BCUT2D eigenvalue weighted by molar-refractivity contribution is 6.26. The Labute approximate surface area is 320 Å². The number of furan rings is 2. The summed E-state index contributed by atoms with van der Waals surface area (Å²) in [6.45, 7) is 0. The number of para-hydroxylation sites is 4. The van der Waals surface area contributed by atoms with Gasteiger partial charge < -0.3 is 8.83 Å². The lowest BCUT2D eigenvalue weighted by Crippen LogP contribution is -2.00.